The summed E-state index contributed by atoms with van der Waals surface area (Å²) < 4.78 is 37.5. The Balaban J connectivity index is 2.76. The Morgan fingerprint density at radius 3 is 2.24 bits per heavy atom. The number of hydrogen-bond donors (Lipinski definition) is 3. The maximum absolute atomic E-state index is 12.5. The predicted octanol–water partition coefficient (Wildman–Crippen LogP) is 1.20. The summed E-state index contributed by atoms with van der Waals surface area (Å²) in [5.74, 6) is 0. The molecule has 6 heteroatoms. The number of nitrogens with one attached hydrogen (secondary N) is 1. The number of rotatable bonds is 5. The molecule has 0 saturated heterocycles. The van der Waals surface area contributed by atoms with E-state index in [9.17, 15) is 13.2 Å². The van der Waals surface area contributed by atoms with Gasteiger partial charge >= 0.3 is 6.18 Å². The third-order valence-electron chi connectivity index (χ3n) is 2.42. The number of aliphatic hydroxyl groups excluding tert-OH is 1. The first-order valence-electron chi connectivity index (χ1n) is 5.17. The third kappa shape index (κ3) is 3.99. The van der Waals surface area contributed by atoms with Crippen LogP contribution in [0.3, 0.4) is 0 Å². The van der Waals surface area contributed by atoms with Gasteiger partial charge in [-0.05, 0) is 5.56 Å². The largest absolute Gasteiger partial charge is 0.405 e. The number of nitrogens with two attached hydrogens (primary N) is 1. The van der Waals surface area contributed by atoms with Crippen molar-refractivity contribution in [3.8, 4) is 0 Å². The Bertz CT molecular complexity index is 329. The van der Waals surface area contributed by atoms with Gasteiger partial charge in [-0.25, -0.2) is 0 Å². The fraction of sp³-hybridized carbons (Fsp3) is 0.455. The predicted molar refractivity (Wildman–Crippen MR) is 58.3 cm³/mol. The van der Waals surface area contributed by atoms with E-state index in [0.29, 0.717) is 5.56 Å². The molecule has 0 aliphatic heterocycles. The van der Waals surface area contributed by atoms with Crippen molar-refractivity contribution in [3.63, 3.8) is 0 Å². The van der Waals surface area contributed by atoms with Crippen molar-refractivity contribution in [2.75, 3.05) is 13.2 Å². The highest BCUT2D eigenvalue weighted by Gasteiger charge is 2.39. The minimum Gasteiger partial charge on any atom is -0.394 e. The molecular weight excluding hydrogens is 233 g/mol. The van der Waals surface area contributed by atoms with Crippen LogP contribution in [0.25, 0.3) is 0 Å². The summed E-state index contributed by atoms with van der Waals surface area (Å²) in [6.45, 7) is -0.983. The smallest absolute Gasteiger partial charge is 0.394 e. The lowest BCUT2D eigenvalue weighted by Gasteiger charge is -2.25. The average Bonchev–Trinajstić information content (AvgIpc) is 2.30. The van der Waals surface area contributed by atoms with Crippen LogP contribution in [0.5, 0.6) is 0 Å². The second kappa shape index (κ2) is 6.00. The minimum absolute atomic E-state index is 0.420. The molecule has 2 atom stereocenters. The Hall–Kier alpha value is -1.11. The molecule has 0 unspecified atom stereocenters. The van der Waals surface area contributed by atoms with Crippen LogP contribution in [-0.2, 0) is 0 Å². The van der Waals surface area contributed by atoms with Crippen LogP contribution in [-0.4, -0.2) is 30.5 Å². The molecule has 0 aromatic heterocycles. The second-order valence-corrected chi connectivity index (χ2v) is 3.64. The fourth-order valence-electron chi connectivity index (χ4n) is 1.48. The maximum atomic E-state index is 12.5. The molecule has 3 nitrogen and oxygen atoms in total. The highest BCUT2D eigenvalue weighted by atomic mass is 19.4. The topological polar surface area (TPSA) is 58.3 Å². The second-order valence-electron chi connectivity index (χ2n) is 3.64. The first-order chi connectivity index (χ1) is 7.99. The van der Waals surface area contributed by atoms with Gasteiger partial charge in [-0.1, -0.05) is 30.3 Å². The van der Waals surface area contributed by atoms with Crippen molar-refractivity contribution in [2.24, 2.45) is 5.73 Å². The van der Waals surface area contributed by atoms with Crippen molar-refractivity contribution in [3.05, 3.63) is 35.9 Å². The Morgan fingerprint density at radius 2 is 1.82 bits per heavy atom. The molecule has 96 valence electrons. The number of hydrogen-bond acceptors (Lipinski definition) is 3. The van der Waals surface area contributed by atoms with Gasteiger partial charge in [0.1, 0.15) is 6.04 Å². The van der Waals surface area contributed by atoms with Crippen LogP contribution in [0.4, 0.5) is 13.2 Å². The van der Waals surface area contributed by atoms with Crippen LogP contribution < -0.4 is 11.1 Å². The van der Waals surface area contributed by atoms with E-state index in [-0.39, 0.29) is 0 Å². The standard InChI is InChI=1S/C11H15F3N2O/c12-11(13,14)10(6-15)16-9(7-17)8-4-2-1-3-5-8/h1-5,9-10,16-17H,6-7,15H2/t9-,10-/m0/s1. The first-order valence-corrected chi connectivity index (χ1v) is 5.17. The SMILES string of the molecule is NC[C@H](N[C@@H](CO)c1ccccc1)C(F)(F)F. The molecule has 0 aliphatic rings. The van der Waals surface area contributed by atoms with E-state index in [1.807, 2.05) is 0 Å². The lowest BCUT2D eigenvalue weighted by Crippen LogP contribution is -2.49. The zero-order valence-corrected chi connectivity index (χ0v) is 9.11. The molecule has 0 heterocycles. The van der Waals surface area contributed by atoms with Crippen molar-refractivity contribution >= 4 is 0 Å². The van der Waals surface area contributed by atoms with Gasteiger partial charge in [0.15, 0.2) is 0 Å². The van der Waals surface area contributed by atoms with Crippen LogP contribution in [0, 0.1) is 0 Å². The molecule has 0 fully saturated rings. The molecule has 0 bridgehead atoms. The summed E-state index contributed by atoms with van der Waals surface area (Å²) in [7, 11) is 0. The maximum Gasteiger partial charge on any atom is 0.405 e. The molecule has 1 aromatic rings. The van der Waals surface area contributed by atoms with Gasteiger partial charge in [0.2, 0.25) is 0 Å². The van der Waals surface area contributed by atoms with Gasteiger partial charge in [0, 0.05) is 6.54 Å². The van der Waals surface area contributed by atoms with Gasteiger partial charge in [0.25, 0.3) is 0 Å². The molecule has 0 saturated carbocycles. The molecule has 1 aromatic carbocycles. The highest BCUT2D eigenvalue weighted by Crippen LogP contribution is 2.22. The summed E-state index contributed by atoms with van der Waals surface area (Å²) in [5.41, 5.74) is 5.67. The van der Waals surface area contributed by atoms with Crippen molar-refractivity contribution < 1.29 is 18.3 Å². The normalized spacial score (nSPS) is 15.6. The zero-order chi connectivity index (χ0) is 12.9. The van der Waals surface area contributed by atoms with E-state index in [0.717, 1.165) is 0 Å². The van der Waals surface area contributed by atoms with E-state index in [2.05, 4.69) is 5.32 Å². The highest BCUT2D eigenvalue weighted by molar-refractivity contribution is 5.19. The number of aliphatic hydroxyl groups is 1. The summed E-state index contributed by atoms with van der Waals surface area (Å²) >= 11 is 0. The molecule has 0 aliphatic carbocycles. The summed E-state index contributed by atoms with van der Waals surface area (Å²) in [6, 6.07) is 5.86. The molecule has 0 amide bonds. The van der Waals surface area contributed by atoms with Crippen LogP contribution in [0.2, 0.25) is 0 Å². The van der Waals surface area contributed by atoms with Crippen molar-refractivity contribution in [1.82, 2.24) is 5.32 Å². The third-order valence-corrected chi connectivity index (χ3v) is 2.42. The minimum atomic E-state index is -4.42. The summed E-state index contributed by atoms with van der Waals surface area (Å²) in [6.07, 6.45) is -4.42. The molecule has 4 N–H and O–H groups in total. The zero-order valence-electron chi connectivity index (χ0n) is 9.11. The van der Waals surface area contributed by atoms with Gasteiger partial charge in [-0.15, -0.1) is 0 Å². The van der Waals surface area contributed by atoms with E-state index in [1.54, 1.807) is 30.3 Å². The van der Waals surface area contributed by atoms with Crippen LogP contribution in [0.1, 0.15) is 11.6 Å². The van der Waals surface area contributed by atoms with Gasteiger partial charge in [-0.3, -0.25) is 5.32 Å². The molecule has 0 radical (unpaired) electrons. The van der Waals surface area contributed by atoms with Gasteiger partial charge in [0.05, 0.1) is 12.6 Å². The molecule has 1 rings (SSSR count). The Morgan fingerprint density at radius 1 is 1.24 bits per heavy atom. The van der Waals surface area contributed by atoms with E-state index in [1.165, 1.54) is 0 Å². The average molecular weight is 248 g/mol. The monoisotopic (exact) mass is 248 g/mol. The van der Waals surface area contributed by atoms with Crippen LogP contribution in [0.15, 0.2) is 30.3 Å². The number of benzene rings is 1. The summed E-state index contributed by atoms with van der Waals surface area (Å²) in [4.78, 5) is 0. The lowest BCUT2D eigenvalue weighted by atomic mass is 10.1. The Labute approximate surface area is 97.4 Å². The van der Waals surface area contributed by atoms with Gasteiger partial charge in [-0.2, -0.15) is 13.2 Å². The van der Waals surface area contributed by atoms with Crippen molar-refractivity contribution in [2.45, 2.75) is 18.3 Å². The molecular formula is C11H15F3N2O. The van der Waals surface area contributed by atoms with E-state index in [4.69, 9.17) is 10.8 Å². The Kier molecular flexibility index (Phi) is 4.92. The summed E-state index contributed by atoms with van der Waals surface area (Å²) in [5, 5.41) is 11.4. The molecule has 0 spiro atoms. The van der Waals surface area contributed by atoms with Crippen LogP contribution >= 0.6 is 0 Å². The van der Waals surface area contributed by atoms with E-state index < -0.39 is 31.4 Å². The quantitative estimate of drug-likeness (QED) is 0.734. The molecule has 17 heavy (non-hydrogen) atoms. The lowest BCUT2D eigenvalue weighted by molar-refractivity contribution is -0.156. The fourth-order valence-corrected chi connectivity index (χ4v) is 1.48. The number of alkyl halides is 3. The number of halogens is 3. The van der Waals surface area contributed by atoms with Crippen molar-refractivity contribution in [1.29, 1.82) is 0 Å². The first kappa shape index (κ1) is 14.0. The van der Waals surface area contributed by atoms with Gasteiger partial charge < -0.3 is 10.8 Å². The van der Waals surface area contributed by atoms with E-state index >= 15 is 0 Å².